The van der Waals surface area contributed by atoms with Gasteiger partial charge in [-0.1, -0.05) is 18.5 Å². The fourth-order valence-electron chi connectivity index (χ4n) is 1.91. The van der Waals surface area contributed by atoms with Crippen LogP contribution in [0.25, 0.3) is 0 Å². The predicted molar refractivity (Wildman–Crippen MR) is 91.5 cm³/mol. The largest absolute Gasteiger partial charge is 0.495 e. The van der Waals surface area contributed by atoms with E-state index >= 15 is 0 Å². The Balaban J connectivity index is 2.14. The second-order valence-corrected chi connectivity index (χ2v) is 5.38. The zero-order valence-corrected chi connectivity index (χ0v) is 14.1. The Bertz CT molecular complexity index is 689. The maximum atomic E-state index is 12.3. The van der Waals surface area contributed by atoms with Crippen LogP contribution < -0.4 is 15.4 Å². The number of methoxy groups -OCH3 is 1. The number of halogens is 1. The molecule has 0 radical (unpaired) electrons. The van der Waals surface area contributed by atoms with E-state index in [1.807, 2.05) is 6.92 Å². The number of nitrogens with zero attached hydrogens (tertiary/aromatic N) is 2. The highest BCUT2D eigenvalue weighted by atomic mass is 35.5. The number of nitrogens with one attached hydrogen (secondary N) is 2. The summed E-state index contributed by atoms with van der Waals surface area (Å²) in [7, 11) is 1.52. The van der Waals surface area contributed by atoms with E-state index < -0.39 is 0 Å². The predicted octanol–water partition coefficient (Wildman–Crippen LogP) is 3.52. The molecule has 23 heavy (non-hydrogen) atoms. The summed E-state index contributed by atoms with van der Waals surface area (Å²) in [5.74, 6) is 0.769. The summed E-state index contributed by atoms with van der Waals surface area (Å²) in [6.07, 6.45) is 3.96. The first kappa shape index (κ1) is 17.0. The lowest BCUT2D eigenvalue weighted by molar-refractivity contribution is 0.102. The van der Waals surface area contributed by atoms with Gasteiger partial charge in [0.15, 0.2) is 0 Å². The van der Waals surface area contributed by atoms with Gasteiger partial charge in [0.05, 0.1) is 25.2 Å². The van der Waals surface area contributed by atoms with Crippen LogP contribution in [0, 0.1) is 6.92 Å². The molecule has 1 aromatic heterocycles. The first-order valence-electron chi connectivity index (χ1n) is 7.26. The molecular weight excluding hydrogens is 316 g/mol. The smallest absolute Gasteiger partial charge is 0.275 e. The van der Waals surface area contributed by atoms with Crippen molar-refractivity contribution < 1.29 is 9.53 Å². The summed E-state index contributed by atoms with van der Waals surface area (Å²) < 4.78 is 5.24. The van der Waals surface area contributed by atoms with Crippen molar-refractivity contribution in [3.63, 3.8) is 0 Å². The molecule has 2 N–H and O–H groups in total. The number of amides is 1. The van der Waals surface area contributed by atoms with Crippen LogP contribution in [0.1, 0.15) is 29.4 Å². The van der Waals surface area contributed by atoms with Gasteiger partial charge in [0, 0.05) is 17.6 Å². The van der Waals surface area contributed by atoms with Crippen molar-refractivity contribution in [1.82, 2.24) is 9.97 Å². The fraction of sp³-hybridized carbons (Fsp3) is 0.312. The highest BCUT2D eigenvalue weighted by Gasteiger charge is 2.13. The van der Waals surface area contributed by atoms with E-state index in [4.69, 9.17) is 16.3 Å². The second kappa shape index (κ2) is 7.78. The number of aryl methyl sites for hydroxylation is 1. The van der Waals surface area contributed by atoms with E-state index in [1.54, 1.807) is 12.1 Å². The molecule has 0 unspecified atom stereocenters. The van der Waals surface area contributed by atoms with Crippen molar-refractivity contribution in [3.8, 4) is 5.75 Å². The minimum Gasteiger partial charge on any atom is -0.495 e. The van der Waals surface area contributed by atoms with Crippen molar-refractivity contribution in [2.75, 3.05) is 24.3 Å². The summed E-state index contributed by atoms with van der Waals surface area (Å²) in [6, 6.07) is 3.42. The molecule has 2 aromatic rings. The standard InChI is InChI=1S/C16H19ClN4O2/c1-4-5-18-15-9-19-13(8-20-15)16(22)21-12-6-10(2)11(17)7-14(12)23-3/h6-9H,4-5H2,1-3H3,(H,18,20)(H,21,22). The van der Waals surface area contributed by atoms with Gasteiger partial charge in [0.1, 0.15) is 17.3 Å². The van der Waals surface area contributed by atoms with Gasteiger partial charge in [0.25, 0.3) is 5.91 Å². The first-order chi connectivity index (χ1) is 11.0. The molecule has 0 bridgehead atoms. The maximum Gasteiger partial charge on any atom is 0.275 e. The molecule has 0 atom stereocenters. The summed E-state index contributed by atoms with van der Waals surface area (Å²) in [5, 5.41) is 6.44. The molecule has 0 aliphatic heterocycles. The van der Waals surface area contributed by atoms with Crippen LogP contribution in [0.5, 0.6) is 5.75 Å². The number of hydrogen-bond acceptors (Lipinski definition) is 5. The minimum absolute atomic E-state index is 0.224. The number of anilines is 2. The number of carbonyl (C=O) groups is 1. The van der Waals surface area contributed by atoms with Crippen molar-refractivity contribution in [1.29, 1.82) is 0 Å². The van der Waals surface area contributed by atoms with Crippen molar-refractivity contribution in [2.45, 2.75) is 20.3 Å². The van der Waals surface area contributed by atoms with Gasteiger partial charge in [-0.15, -0.1) is 0 Å². The van der Waals surface area contributed by atoms with Gasteiger partial charge in [-0.25, -0.2) is 9.97 Å². The Kier molecular flexibility index (Phi) is 5.76. The van der Waals surface area contributed by atoms with Crippen LogP contribution in [0.2, 0.25) is 5.02 Å². The van der Waals surface area contributed by atoms with Crippen molar-refractivity contribution >= 4 is 29.0 Å². The fourth-order valence-corrected chi connectivity index (χ4v) is 2.06. The second-order valence-electron chi connectivity index (χ2n) is 4.97. The monoisotopic (exact) mass is 334 g/mol. The molecule has 6 nitrogen and oxygen atoms in total. The van der Waals surface area contributed by atoms with E-state index in [2.05, 4.69) is 27.5 Å². The van der Waals surface area contributed by atoms with Gasteiger partial charge in [0.2, 0.25) is 0 Å². The Labute approximate surface area is 140 Å². The molecule has 1 amide bonds. The molecule has 0 aliphatic carbocycles. The first-order valence-corrected chi connectivity index (χ1v) is 7.64. The van der Waals surface area contributed by atoms with Crippen molar-refractivity contribution in [3.05, 3.63) is 40.8 Å². The third kappa shape index (κ3) is 4.32. The third-order valence-corrected chi connectivity index (χ3v) is 3.58. The number of benzene rings is 1. The number of ether oxygens (including phenoxy) is 1. The maximum absolute atomic E-state index is 12.3. The van der Waals surface area contributed by atoms with Crippen LogP contribution in [0.3, 0.4) is 0 Å². The summed E-state index contributed by atoms with van der Waals surface area (Å²) >= 11 is 6.06. The van der Waals surface area contributed by atoms with Gasteiger partial charge in [-0.2, -0.15) is 0 Å². The van der Waals surface area contributed by atoms with Gasteiger partial charge in [-0.05, 0) is 25.0 Å². The number of hydrogen-bond donors (Lipinski definition) is 2. The molecule has 1 aromatic carbocycles. The minimum atomic E-state index is -0.362. The van der Waals surface area contributed by atoms with Crippen LogP contribution >= 0.6 is 11.6 Å². The van der Waals surface area contributed by atoms with E-state index in [-0.39, 0.29) is 11.6 Å². The van der Waals surface area contributed by atoms with Crippen LogP contribution in [-0.2, 0) is 0 Å². The topological polar surface area (TPSA) is 76.1 Å². The Morgan fingerprint density at radius 2 is 2.09 bits per heavy atom. The Morgan fingerprint density at radius 1 is 1.30 bits per heavy atom. The van der Waals surface area contributed by atoms with E-state index in [1.165, 1.54) is 19.5 Å². The SMILES string of the molecule is CCCNc1cnc(C(=O)Nc2cc(C)c(Cl)cc2OC)cn1. The molecular formula is C16H19ClN4O2. The summed E-state index contributed by atoms with van der Waals surface area (Å²) in [4.78, 5) is 20.6. The summed E-state index contributed by atoms with van der Waals surface area (Å²) in [6.45, 7) is 4.72. The molecule has 122 valence electrons. The highest BCUT2D eigenvalue weighted by Crippen LogP contribution is 2.31. The quantitative estimate of drug-likeness (QED) is 0.845. The lowest BCUT2D eigenvalue weighted by atomic mass is 10.2. The van der Waals surface area contributed by atoms with E-state index in [9.17, 15) is 4.79 Å². The van der Waals surface area contributed by atoms with Crippen LogP contribution in [-0.4, -0.2) is 29.5 Å². The molecule has 1 heterocycles. The molecule has 2 rings (SSSR count). The number of rotatable bonds is 6. The Morgan fingerprint density at radius 3 is 2.70 bits per heavy atom. The molecule has 0 fully saturated rings. The summed E-state index contributed by atoms with van der Waals surface area (Å²) in [5.41, 5.74) is 1.60. The molecule has 0 spiro atoms. The molecule has 0 saturated carbocycles. The lowest BCUT2D eigenvalue weighted by Crippen LogP contribution is -2.15. The van der Waals surface area contributed by atoms with E-state index in [0.29, 0.717) is 22.3 Å². The average Bonchev–Trinajstić information content (AvgIpc) is 2.56. The number of carbonyl (C=O) groups excluding carboxylic acids is 1. The molecule has 0 saturated heterocycles. The normalized spacial score (nSPS) is 10.3. The highest BCUT2D eigenvalue weighted by molar-refractivity contribution is 6.31. The molecule has 7 heteroatoms. The molecule has 0 aliphatic rings. The Hall–Kier alpha value is -2.34. The van der Waals surface area contributed by atoms with Crippen LogP contribution in [0.4, 0.5) is 11.5 Å². The van der Waals surface area contributed by atoms with Gasteiger partial charge >= 0.3 is 0 Å². The lowest BCUT2D eigenvalue weighted by Gasteiger charge is -2.12. The van der Waals surface area contributed by atoms with Crippen molar-refractivity contribution in [2.24, 2.45) is 0 Å². The number of aromatic nitrogens is 2. The zero-order valence-electron chi connectivity index (χ0n) is 13.3. The van der Waals surface area contributed by atoms with Crippen LogP contribution in [0.15, 0.2) is 24.5 Å². The van der Waals surface area contributed by atoms with Gasteiger partial charge in [-0.3, -0.25) is 4.79 Å². The zero-order chi connectivity index (χ0) is 16.8. The van der Waals surface area contributed by atoms with E-state index in [0.717, 1.165) is 18.5 Å². The average molecular weight is 335 g/mol. The third-order valence-electron chi connectivity index (χ3n) is 3.17. The van der Waals surface area contributed by atoms with Gasteiger partial charge < -0.3 is 15.4 Å².